The Bertz CT molecular complexity index is 477. The SMILES string of the molecule is CCCCOC(=O)C(NC(=O)Cc1ccccc1)C(C)(C)C. The van der Waals surface area contributed by atoms with Crippen molar-refractivity contribution in [3.05, 3.63) is 35.9 Å². The number of ether oxygens (including phenoxy) is 1. The van der Waals surface area contributed by atoms with Gasteiger partial charge in [-0.3, -0.25) is 4.79 Å². The molecule has 1 aromatic rings. The molecule has 1 unspecified atom stereocenters. The number of hydrogen-bond acceptors (Lipinski definition) is 3. The van der Waals surface area contributed by atoms with Crippen LogP contribution < -0.4 is 5.32 Å². The van der Waals surface area contributed by atoms with Crippen LogP contribution in [0, 0.1) is 5.41 Å². The van der Waals surface area contributed by atoms with Crippen LogP contribution in [-0.2, 0) is 20.7 Å². The van der Waals surface area contributed by atoms with E-state index in [1.54, 1.807) is 0 Å². The Balaban J connectivity index is 2.65. The molecular formula is C18H27NO3. The van der Waals surface area contributed by atoms with Crippen molar-refractivity contribution in [1.82, 2.24) is 5.32 Å². The van der Waals surface area contributed by atoms with Gasteiger partial charge in [-0.2, -0.15) is 0 Å². The molecule has 1 rings (SSSR count). The zero-order valence-electron chi connectivity index (χ0n) is 14.0. The number of unbranched alkanes of at least 4 members (excludes halogenated alkanes) is 1. The first-order valence-electron chi connectivity index (χ1n) is 7.84. The molecule has 0 saturated carbocycles. The maximum absolute atomic E-state index is 12.2. The standard InChI is InChI=1S/C18H27NO3/c1-5-6-12-22-17(21)16(18(2,3)4)19-15(20)13-14-10-8-7-9-11-14/h7-11,16H,5-6,12-13H2,1-4H3,(H,19,20). The largest absolute Gasteiger partial charge is 0.464 e. The summed E-state index contributed by atoms with van der Waals surface area (Å²) in [4.78, 5) is 24.4. The Labute approximate surface area is 133 Å². The Hall–Kier alpha value is -1.84. The Morgan fingerprint density at radius 2 is 1.82 bits per heavy atom. The summed E-state index contributed by atoms with van der Waals surface area (Å²) in [5.74, 6) is -0.527. The molecule has 0 aliphatic heterocycles. The molecule has 0 radical (unpaired) electrons. The van der Waals surface area contributed by atoms with Crippen molar-refractivity contribution in [3.8, 4) is 0 Å². The minimum Gasteiger partial charge on any atom is -0.464 e. The van der Waals surface area contributed by atoms with E-state index in [0.717, 1.165) is 18.4 Å². The second kappa shape index (κ2) is 8.57. The molecule has 0 aliphatic carbocycles. The normalized spacial score (nSPS) is 12.5. The molecule has 0 spiro atoms. The van der Waals surface area contributed by atoms with E-state index in [2.05, 4.69) is 5.32 Å². The molecule has 1 N–H and O–H groups in total. The first-order chi connectivity index (χ1) is 10.3. The highest BCUT2D eigenvalue weighted by atomic mass is 16.5. The fourth-order valence-corrected chi connectivity index (χ4v) is 2.02. The summed E-state index contributed by atoms with van der Waals surface area (Å²) in [5.41, 5.74) is 0.530. The molecule has 0 aromatic heterocycles. The van der Waals surface area contributed by atoms with Crippen molar-refractivity contribution >= 4 is 11.9 Å². The van der Waals surface area contributed by atoms with Crippen LogP contribution in [0.15, 0.2) is 30.3 Å². The van der Waals surface area contributed by atoms with Gasteiger partial charge < -0.3 is 10.1 Å². The van der Waals surface area contributed by atoms with Gasteiger partial charge in [0.1, 0.15) is 6.04 Å². The van der Waals surface area contributed by atoms with Gasteiger partial charge in [0.05, 0.1) is 13.0 Å². The number of nitrogens with one attached hydrogen (secondary N) is 1. The average Bonchev–Trinajstić information content (AvgIpc) is 2.45. The number of carbonyl (C=O) groups excluding carboxylic acids is 2. The summed E-state index contributed by atoms with van der Waals surface area (Å²) in [6, 6.07) is 8.84. The zero-order chi connectivity index (χ0) is 16.6. The van der Waals surface area contributed by atoms with E-state index in [4.69, 9.17) is 4.74 Å². The predicted molar refractivity (Wildman–Crippen MR) is 87.4 cm³/mol. The summed E-state index contributed by atoms with van der Waals surface area (Å²) in [5, 5.41) is 2.82. The third-order valence-electron chi connectivity index (χ3n) is 3.36. The first-order valence-corrected chi connectivity index (χ1v) is 7.84. The third kappa shape index (κ3) is 6.29. The van der Waals surface area contributed by atoms with Crippen LogP contribution in [0.2, 0.25) is 0 Å². The second-order valence-corrected chi connectivity index (χ2v) is 6.55. The molecule has 1 aromatic carbocycles. The predicted octanol–water partition coefficient (Wildman–Crippen LogP) is 3.10. The van der Waals surface area contributed by atoms with Gasteiger partial charge in [-0.15, -0.1) is 0 Å². The van der Waals surface area contributed by atoms with Gasteiger partial charge in [-0.25, -0.2) is 4.79 Å². The van der Waals surface area contributed by atoms with Crippen LogP contribution in [0.5, 0.6) is 0 Å². The highest BCUT2D eigenvalue weighted by Gasteiger charge is 2.33. The number of amides is 1. The van der Waals surface area contributed by atoms with E-state index >= 15 is 0 Å². The molecule has 122 valence electrons. The number of benzene rings is 1. The summed E-state index contributed by atoms with van der Waals surface area (Å²) >= 11 is 0. The van der Waals surface area contributed by atoms with Crippen LogP contribution in [0.4, 0.5) is 0 Å². The Morgan fingerprint density at radius 1 is 1.18 bits per heavy atom. The highest BCUT2D eigenvalue weighted by Crippen LogP contribution is 2.20. The maximum Gasteiger partial charge on any atom is 0.329 e. The van der Waals surface area contributed by atoms with Crippen LogP contribution >= 0.6 is 0 Å². The molecular weight excluding hydrogens is 278 g/mol. The zero-order valence-corrected chi connectivity index (χ0v) is 14.0. The summed E-state index contributed by atoms with van der Waals surface area (Å²) in [7, 11) is 0. The van der Waals surface area contributed by atoms with Gasteiger partial charge in [0.15, 0.2) is 0 Å². The molecule has 4 nitrogen and oxygen atoms in total. The van der Waals surface area contributed by atoms with Crippen molar-refractivity contribution in [2.45, 2.75) is 53.0 Å². The van der Waals surface area contributed by atoms with Crippen molar-refractivity contribution in [1.29, 1.82) is 0 Å². The topological polar surface area (TPSA) is 55.4 Å². The van der Waals surface area contributed by atoms with Gasteiger partial charge in [-0.1, -0.05) is 64.4 Å². The van der Waals surface area contributed by atoms with Crippen LogP contribution in [-0.4, -0.2) is 24.5 Å². The number of carbonyl (C=O) groups is 2. The van der Waals surface area contributed by atoms with E-state index in [0.29, 0.717) is 6.61 Å². The fraction of sp³-hybridized carbons (Fsp3) is 0.556. The Morgan fingerprint density at radius 3 is 2.36 bits per heavy atom. The minimum atomic E-state index is -0.638. The highest BCUT2D eigenvalue weighted by molar-refractivity contribution is 5.86. The lowest BCUT2D eigenvalue weighted by atomic mass is 9.86. The van der Waals surface area contributed by atoms with Gasteiger partial charge in [0.2, 0.25) is 5.91 Å². The molecule has 1 amide bonds. The number of rotatable bonds is 7. The molecule has 0 heterocycles. The van der Waals surface area contributed by atoms with Crippen molar-refractivity contribution in [3.63, 3.8) is 0 Å². The van der Waals surface area contributed by atoms with Gasteiger partial charge >= 0.3 is 5.97 Å². The summed E-state index contributed by atoms with van der Waals surface area (Å²) in [6.45, 7) is 8.19. The molecule has 0 aliphatic rings. The molecule has 4 heteroatoms. The van der Waals surface area contributed by atoms with Crippen LogP contribution in [0.25, 0.3) is 0 Å². The molecule has 22 heavy (non-hydrogen) atoms. The molecule has 0 saturated heterocycles. The van der Waals surface area contributed by atoms with Gasteiger partial charge in [0, 0.05) is 0 Å². The maximum atomic E-state index is 12.2. The lowest BCUT2D eigenvalue weighted by molar-refractivity contribution is -0.151. The van der Waals surface area contributed by atoms with Crippen LogP contribution in [0.3, 0.4) is 0 Å². The molecule has 0 bridgehead atoms. The third-order valence-corrected chi connectivity index (χ3v) is 3.36. The van der Waals surface area contributed by atoms with Gasteiger partial charge in [-0.05, 0) is 17.4 Å². The summed E-state index contributed by atoms with van der Waals surface area (Å²) in [6.07, 6.45) is 2.06. The van der Waals surface area contributed by atoms with Crippen molar-refractivity contribution in [2.75, 3.05) is 6.61 Å². The smallest absolute Gasteiger partial charge is 0.329 e. The number of hydrogen-bond donors (Lipinski definition) is 1. The van der Waals surface area contributed by atoms with E-state index in [1.165, 1.54) is 0 Å². The quantitative estimate of drug-likeness (QED) is 0.622. The average molecular weight is 305 g/mol. The summed E-state index contributed by atoms with van der Waals surface area (Å²) < 4.78 is 5.27. The van der Waals surface area contributed by atoms with Crippen molar-refractivity contribution in [2.24, 2.45) is 5.41 Å². The fourth-order valence-electron chi connectivity index (χ4n) is 2.02. The Kier molecular flexibility index (Phi) is 7.09. The molecule has 1 atom stereocenters. The number of esters is 1. The first kappa shape index (κ1) is 18.2. The van der Waals surface area contributed by atoms with Gasteiger partial charge in [0.25, 0.3) is 0 Å². The lowest BCUT2D eigenvalue weighted by Gasteiger charge is -2.29. The lowest BCUT2D eigenvalue weighted by Crippen LogP contribution is -2.50. The van der Waals surface area contributed by atoms with E-state index in [1.807, 2.05) is 58.0 Å². The van der Waals surface area contributed by atoms with Crippen LogP contribution in [0.1, 0.15) is 46.1 Å². The van der Waals surface area contributed by atoms with E-state index in [-0.39, 0.29) is 18.3 Å². The van der Waals surface area contributed by atoms with Crippen molar-refractivity contribution < 1.29 is 14.3 Å². The molecule has 0 fully saturated rings. The second-order valence-electron chi connectivity index (χ2n) is 6.55. The van der Waals surface area contributed by atoms with E-state index in [9.17, 15) is 9.59 Å². The monoisotopic (exact) mass is 305 g/mol. The minimum absolute atomic E-state index is 0.168. The van der Waals surface area contributed by atoms with E-state index < -0.39 is 11.5 Å².